The fraction of sp³-hybridized carbons (Fsp3) is 0.150. The largest absolute Gasteiger partial charge is 0.357 e. The summed E-state index contributed by atoms with van der Waals surface area (Å²) in [6.07, 6.45) is 2.92. The van der Waals surface area contributed by atoms with E-state index >= 15 is 0 Å². The van der Waals surface area contributed by atoms with Gasteiger partial charge in [-0.25, -0.2) is 0 Å². The van der Waals surface area contributed by atoms with Crippen molar-refractivity contribution in [3.8, 4) is 0 Å². The average molecular weight is 299 g/mol. The highest BCUT2D eigenvalue weighted by Gasteiger charge is 2.26. The highest BCUT2D eigenvalue weighted by atomic mass is 15.0. The maximum atomic E-state index is 4.50. The van der Waals surface area contributed by atoms with Crippen LogP contribution in [0.4, 0.5) is 0 Å². The topological polar surface area (TPSA) is 40.7 Å². The molecule has 0 saturated carbocycles. The minimum absolute atomic E-state index is 0.194. The third-order valence-corrected chi connectivity index (χ3v) is 4.85. The SMILES string of the molecule is c1cc([C@H]2NCCc3c2[nH]c2ccccc32)c2cccnc2c1. The predicted molar refractivity (Wildman–Crippen MR) is 93.6 cm³/mol. The van der Waals surface area contributed by atoms with Crippen LogP contribution < -0.4 is 5.32 Å². The molecule has 2 aromatic heterocycles. The molecule has 23 heavy (non-hydrogen) atoms. The van der Waals surface area contributed by atoms with Crippen molar-refractivity contribution in [2.24, 2.45) is 0 Å². The van der Waals surface area contributed by atoms with Gasteiger partial charge >= 0.3 is 0 Å². The summed E-state index contributed by atoms with van der Waals surface area (Å²) in [6, 6.07) is 19.4. The Morgan fingerprint density at radius 3 is 2.83 bits per heavy atom. The van der Waals surface area contributed by atoms with E-state index in [4.69, 9.17) is 0 Å². The lowest BCUT2D eigenvalue weighted by Gasteiger charge is -2.25. The molecule has 0 radical (unpaired) electrons. The minimum Gasteiger partial charge on any atom is -0.357 e. The van der Waals surface area contributed by atoms with Crippen LogP contribution in [0.15, 0.2) is 60.8 Å². The Hall–Kier alpha value is -2.65. The molecule has 0 unspecified atom stereocenters. The monoisotopic (exact) mass is 299 g/mol. The van der Waals surface area contributed by atoms with Gasteiger partial charge in [0.1, 0.15) is 0 Å². The number of hydrogen-bond acceptors (Lipinski definition) is 2. The number of fused-ring (bicyclic) bond motifs is 4. The number of pyridine rings is 1. The van der Waals surface area contributed by atoms with Gasteiger partial charge in [0.15, 0.2) is 0 Å². The number of nitrogens with zero attached hydrogens (tertiary/aromatic N) is 1. The zero-order chi connectivity index (χ0) is 15.2. The van der Waals surface area contributed by atoms with E-state index in [2.05, 4.69) is 63.8 Å². The second-order valence-corrected chi connectivity index (χ2v) is 6.12. The second-order valence-electron chi connectivity index (χ2n) is 6.12. The summed E-state index contributed by atoms with van der Waals surface area (Å²) in [5, 5.41) is 6.26. The van der Waals surface area contributed by atoms with Gasteiger partial charge in [0.2, 0.25) is 0 Å². The quantitative estimate of drug-likeness (QED) is 0.559. The van der Waals surface area contributed by atoms with E-state index in [1.807, 2.05) is 12.3 Å². The van der Waals surface area contributed by atoms with Crippen LogP contribution >= 0.6 is 0 Å². The summed E-state index contributed by atoms with van der Waals surface area (Å²) < 4.78 is 0. The number of nitrogens with one attached hydrogen (secondary N) is 2. The molecule has 0 saturated heterocycles. The first-order valence-electron chi connectivity index (χ1n) is 8.08. The van der Waals surface area contributed by atoms with E-state index in [1.165, 1.54) is 33.1 Å². The smallest absolute Gasteiger partial charge is 0.0739 e. The molecule has 1 aliphatic heterocycles. The summed E-state index contributed by atoms with van der Waals surface area (Å²) in [6.45, 7) is 0.996. The number of para-hydroxylation sites is 1. The number of rotatable bonds is 1. The summed E-state index contributed by atoms with van der Waals surface area (Å²) >= 11 is 0. The molecule has 2 N–H and O–H groups in total. The number of aromatic amines is 1. The lowest BCUT2D eigenvalue weighted by molar-refractivity contribution is 0.563. The molecule has 3 heteroatoms. The van der Waals surface area contributed by atoms with Crippen LogP contribution in [0, 0.1) is 0 Å². The number of benzene rings is 2. The zero-order valence-corrected chi connectivity index (χ0v) is 12.7. The molecular formula is C20H17N3. The molecule has 3 nitrogen and oxygen atoms in total. The highest BCUT2D eigenvalue weighted by molar-refractivity contribution is 5.87. The van der Waals surface area contributed by atoms with Crippen LogP contribution in [0.3, 0.4) is 0 Å². The van der Waals surface area contributed by atoms with Gasteiger partial charge in [-0.3, -0.25) is 4.98 Å². The van der Waals surface area contributed by atoms with Crippen LogP contribution in [0.25, 0.3) is 21.8 Å². The molecule has 2 aromatic carbocycles. The first-order valence-corrected chi connectivity index (χ1v) is 8.08. The van der Waals surface area contributed by atoms with Crippen molar-refractivity contribution in [1.82, 2.24) is 15.3 Å². The van der Waals surface area contributed by atoms with E-state index in [0.29, 0.717) is 0 Å². The van der Waals surface area contributed by atoms with E-state index in [0.717, 1.165) is 18.5 Å². The van der Waals surface area contributed by atoms with Gasteiger partial charge in [-0.05, 0) is 35.7 Å². The Labute approximate surface area is 134 Å². The molecule has 5 rings (SSSR count). The van der Waals surface area contributed by atoms with Gasteiger partial charge in [0.05, 0.1) is 11.6 Å². The molecule has 0 aliphatic carbocycles. The summed E-state index contributed by atoms with van der Waals surface area (Å²) in [4.78, 5) is 8.14. The van der Waals surface area contributed by atoms with E-state index in [9.17, 15) is 0 Å². The Morgan fingerprint density at radius 2 is 1.83 bits per heavy atom. The van der Waals surface area contributed by atoms with Crippen LogP contribution in [-0.2, 0) is 6.42 Å². The molecule has 1 aliphatic rings. The molecule has 112 valence electrons. The zero-order valence-electron chi connectivity index (χ0n) is 12.7. The van der Waals surface area contributed by atoms with Crippen LogP contribution in [0.5, 0.6) is 0 Å². The maximum Gasteiger partial charge on any atom is 0.0739 e. The number of hydrogen-bond donors (Lipinski definition) is 2. The lowest BCUT2D eigenvalue weighted by Crippen LogP contribution is -2.30. The van der Waals surface area contributed by atoms with Gasteiger partial charge in [-0.15, -0.1) is 0 Å². The van der Waals surface area contributed by atoms with Crippen molar-refractivity contribution in [3.05, 3.63) is 77.6 Å². The third-order valence-electron chi connectivity index (χ3n) is 4.85. The predicted octanol–water partition coefficient (Wildman–Crippen LogP) is 3.95. The van der Waals surface area contributed by atoms with Gasteiger partial charge in [0.25, 0.3) is 0 Å². The fourth-order valence-electron chi connectivity index (χ4n) is 3.82. The van der Waals surface area contributed by atoms with E-state index < -0.39 is 0 Å². The van der Waals surface area contributed by atoms with Crippen LogP contribution in [0.1, 0.15) is 22.9 Å². The first-order chi connectivity index (χ1) is 11.4. The van der Waals surface area contributed by atoms with E-state index in [1.54, 1.807) is 0 Å². The lowest BCUT2D eigenvalue weighted by atomic mass is 9.92. The van der Waals surface area contributed by atoms with Crippen molar-refractivity contribution in [2.75, 3.05) is 6.54 Å². The molecular weight excluding hydrogens is 282 g/mol. The summed E-state index contributed by atoms with van der Waals surface area (Å²) in [5.74, 6) is 0. The average Bonchev–Trinajstić information content (AvgIpc) is 3.00. The van der Waals surface area contributed by atoms with Crippen molar-refractivity contribution in [2.45, 2.75) is 12.5 Å². The van der Waals surface area contributed by atoms with Crippen LogP contribution in [-0.4, -0.2) is 16.5 Å². The van der Waals surface area contributed by atoms with Crippen molar-refractivity contribution in [1.29, 1.82) is 0 Å². The summed E-state index contributed by atoms with van der Waals surface area (Å²) in [5.41, 5.74) is 6.32. The number of aromatic nitrogens is 2. The van der Waals surface area contributed by atoms with Crippen molar-refractivity contribution < 1.29 is 0 Å². The molecule has 4 aromatic rings. The minimum atomic E-state index is 0.194. The molecule has 0 bridgehead atoms. The van der Waals surface area contributed by atoms with Crippen molar-refractivity contribution in [3.63, 3.8) is 0 Å². The number of H-pyrrole nitrogens is 1. The fourth-order valence-corrected chi connectivity index (χ4v) is 3.82. The molecule has 0 amide bonds. The Kier molecular flexibility index (Phi) is 2.76. The summed E-state index contributed by atoms with van der Waals surface area (Å²) in [7, 11) is 0. The highest BCUT2D eigenvalue weighted by Crippen LogP contribution is 2.35. The second kappa shape index (κ2) is 4.93. The Bertz CT molecular complexity index is 1010. The van der Waals surface area contributed by atoms with E-state index in [-0.39, 0.29) is 6.04 Å². The van der Waals surface area contributed by atoms with Gasteiger partial charge in [-0.2, -0.15) is 0 Å². The molecule has 3 heterocycles. The first kappa shape index (κ1) is 12.9. The maximum absolute atomic E-state index is 4.50. The Balaban J connectivity index is 1.76. The molecule has 0 fully saturated rings. The van der Waals surface area contributed by atoms with Gasteiger partial charge in [-0.1, -0.05) is 36.4 Å². The van der Waals surface area contributed by atoms with Crippen LogP contribution in [0.2, 0.25) is 0 Å². The Morgan fingerprint density at radius 1 is 0.913 bits per heavy atom. The third kappa shape index (κ3) is 1.90. The van der Waals surface area contributed by atoms with Gasteiger partial charge < -0.3 is 10.3 Å². The standard InChI is InChI=1S/C20H17N3/c1-2-8-18-14(5-1)16-10-12-22-19(20(16)23-18)15-6-3-9-17-13(15)7-4-11-21-17/h1-9,11,19,22-23H,10,12H2/t19-/m1/s1. The normalized spacial score (nSPS) is 17.5. The van der Waals surface area contributed by atoms with Crippen molar-refractivity contribution >= 4 is 21.8 Å². The van der Waals surface area contributed by atoms with Gasteiger partial charge in [0, 0.05) is 34.7 Å². The molecule has 1 atom stereocenters. The molecule has 0 spiro atoms.